The first-order chi connectivity index (χ1) is 16.0. The molecular weight excluding hydrogens is 436 g/mol. The summed E-state index contributed by atoms with van der Waals surface area (Å²) in [5.41, 5.74) is 4.19. The SMILES string of the molecule is CNC(=O)c1c(C)n(C)c2cc(Oc3ccnc4cc(-c5cccc(OC)n5)sc34)ccc12. The first-order valence-electron chi connectivity index (χ1n) is 10.4. The predicted octanol–water partition coefficient (Wildman–Crippen LogP) is 5.32. The van der Waals surface area contributed by atoms with Crippen molar-refractivity contribution in [3.63, 3.8) is 0 Å². The molecule has 4 heterocycles. The lowest BCUT2D eigenvalue weighted by Crippen LogP contribution is -2.18. The Labute approximate surface area is 194 Å². The topological polar surface area (TPSA) is 78.3 Å². The number of aromatic nitrogens is 3. The number of benzene rings is 1. The third-order valence-corrected chi connectivity index (χ3v) is 6.87. The van der Waals surface area contributed by atoms with Crippen molar-refractivity contribution < 1.29 is 14.3 Å². The van der Waals surface area contributed by atoms with Gasteiger partial charge in [0, 0.05) is 49.6 Å². The Morgan fingerprint density at radius 2 is 2.00 bits per heavy atom. The van der Waals surface area contributed by atoms with E-state index in [1.807, 2.05) is 67.1 Å². The zero-order valence-corrected chi connectivity index (χ0v) is 19.5. The molecule has 0 fully saturated rings. The van der Waals surface area contributed by atoms with Gasteiger partial charge in [-0.1, -0.05) is 6.07 Å². The van der Waals surface area contributed by atoms with E-state index < -0.39 is 0 Å². The van der Waals surface area contributed by atoms with Crippen LogP contribution in [0.1, 0.15) is 16.1 Å². The molecule has 1 aromatic carbocycles. The van der Waals surface area contributed by atoms with Gasteiger partial charge in [-0.3, -0.25) is 9.78 Å². The van der Waals surface area contributed by atoms with Gasteiger partial charge < -0.3 is 19.4 Å². The number of nitrogens with one attached hydrogen (secondary N) is 1. The van der Waals surface area contributed by atoms with Gasteiger partial charge in [-0.15, -0.1) is 11.3 Å². The van der Waals surface area contributed by atoms with E-state index in [0.29, 0.717) is 17.2 Å². The second-order valence-electron chi connectivity index (χ2n) is 7.58. The number of carbonyl (C=O) groups is 1. The zero-order chi connectivity index (χ0) is 23.1. The Morgan fingerprint density at radius 3 is 2.79 bits per heavy atom. The summed E-state index contributed by atoms with van der Waals surface area (Å²) in [5, 5.41) is 3.62. The Balaban J connectivity index is 1.54. The zero-order valence-electron chi connectivity index (χ0n) is 18.7. The van der Waals surface area contributed by atoms with Gasteiger partial charge in [0.2, 0.25) is 5.88 Å². The molecule has 0 aliphatic carbocycles. The lowest BCUT2D eigenvalue weighted by Gasteiger charge is -2.07. The fourth-order valence-electron chi connectivity index (χ4n) is 3.93. The summed E-state index contributed by atoms with van der Waals surface area (Å²) in [6, 6.07) is 15.3. The van der Waals surface area contributed by atoms with Crippen molar-refractivity contribution >= 4 is 38.4 Å². The second-order valence-corrected chi connectivity index (χ2v) is 8.63. The summed E-state index contributed by atoms with van der Waals surface area (Å²) in [7, 11) is 5.20. The van der Waals surface area contributed by atoms with Crippen LogP contribution in [0, 0.1) is 6.92 Å². The molecule has 7 nitrogen and oxygen atoms in total. The van der Waals surface area contributed by atoms with E-state index in [9.17, 15) is 4.79 Å². The standard InChI is InChI=1S/C25H22N4O3S/c1-14-23(25(30)26-2)16-9-8-15(12-19(16)29(14)3)32-20-10-11-27-18-13-21(33-24(18)20)17-6-5-7-22(28-17)31-4/h5-13H,1-4H3,(H,26,30). The number of methoxy groups -OCH3 is 1. The van der Waals surface area contributed by atoms with Gasteiger partial charge in [0.25, 0.3) is 5.91 Å². The molecule has 0 unspecified atom stereocenters. The van der Waals surface area contributed by atoms with Gasteiger partial charge in [-0.25, -0.2) is 4.98 Å². The average molecular weight is 459 g/mol. The largest absolute Gasteiger partial charge is 0.481 e. The van der Waals surface area contributed by atoms with E-state index in [1.54, 1.807) is 31.7 Å². The van der Waals surface area contributed by atoms with Crippen molar-refractivity contribution in [3.05, 3.63) is 66.0 Å². The normalized spacial score (nSPS) is 11.2. The van der Waals surface area contributed by atoms with Gasteiger partial charge in [0.1, 0.15) is 11.5 Å². The Bertz CT molecular complexity index is 1520. The Kier molecular flexibility index (Phi) is 5.22. The van der Waals surface area contributed by atoms with Crippen LogP contribution in [0.2, 0.25) is 0 Å². The van der Waals surface area contributed by atoms with Crippen LogP contribution < -0.4 is 14.8 Å². The number of rotatable bonds is 5. The molecule has 33 heavy (non-hydrogen) atoms. The Morgan fingerprint density at radius 1 is 1.15 bits per heavy atom. The molecular formula is C25H22N4O3S. The highest BCUT2D eigenvalue weighted by atomic mass is 32.1. The van der Waals surface area contributed by atoms with Crippen LogP contribution in [0.3, 0.4) is 0 Å². The molecule has 1 N–H and O–H groups in total. The third-order valence-electron chi connectivity index (χ3n) is 5.71. The maximum absolute atomic E-state index is 12.4. The number of thiophene rings is 1. The number of hydrogen-bond donors (Lipinski definition) is 1. The third kappa shape index (κ3) is 3.58. The highest BCUT2D eigenvalue weighted by molar-refractivity contribution is 7.22. The van der Waals surface area contributed by atoms with Crippen LogP contribution >= 0.6 is 11.3 Å². The molecule has 4 aromatic heterocycles. The van der Waals surface area contributed by atoms with Crippen LogP contribution in [0.15, 0.2) is 54.7 Å². The first-order valence-corrected chi connectivity index (χ1v) is 11.2. The van der Waals surface area contributed by atoms with E-state index in [2.05, 4.69) is 15.3 Å². The van der Waals surface area contributed by atoms with Gasteiger partial charge in [-0.2, -0.15) is 0 Å². The number of carbonyl (C=O) groups excluding carboxylic acids is 1. The van der Waals surface area contributed by atoms with E-state index in [1.165, 1.54) is 0 Å². The highest BCUT2D eigenvalue weighted by Crippen LogP contribution is 2.39. The first kappa shape index (κ1) is 21.0. The minimum atomic E-state index is -0.0973. The highest BCUT2D eigenvalue weighted by Gasteiger charge is 2.18. The minimum Gasteiger partial charge on any atom is -0.481 e. The number of nitrogens with zero attached hydrogens (tertiary/aromatic N) is 3. The molecule has 0 aliphatic rings. The van der Waals surface area contributed by atoms with E-state index in [0.717, 1.165) is 43.1 Å². The van der Waals surface area contributed by atoms with E-state index >= 15 is 0 Å². The van der Waals surface area contributed by atoms with Crippen molar-refractivity contribution in [1.82, 2.24) is 19.9 Å². The molecule has 166 valence electrons. The number of ether oxygens (including phenoxy) is 2. The molecule has 1 amide bonds. The van der Waals surface area contributed by atoms with Gasteiger partial charge >= 0.3 is 0 Å². The van der Waals surface area contributed by atoms with Crippen LogP contribution in [0.5, 0.6) is 17.4 Å². The molecule has 5 aromatic rings. The van der Waals surface area contributed by atoms with Crippen molar-refractivity contribution in [2.45, 2.75) is 6.92 Å². The van der Waals surface area contributed by atoms with Crippen molar-refractivity contribution in [2.24, 2.45) is 7.05 Å². The van der Waals surface area contributed by atoms with Crippen LogP contribution in [0.25, 0.3) is 31.7 Å². The summed E-state index contributed by atoms with van der Waals surface area (Å²) in [4.78, 5) is 22.4. The monoisotopic (exact) mass is 458 g/mol. The average Bonchev–Trinajstić information content (AvgIpc) is 3.39. The lowest BCUT2D eigenvalue weighted by molar-refractivity contribution is 0.0964. The number of pyridine rings is 2. The fraction of sp³-hybridized carbons (Fsp3) is 0.160. The molecule has 0 atom stereocenters. The maximum atomic E-state index is 12.4. The minimum absolute atomic E-state index is 0.0973. The van der Waals surface area contributed by atoms with Crippen LogP contribution in [-0.2, 0) is 7.05 Å². The summed E-state index contributed by atoms with van der Waals surface area (Å²) in [6.07, 6.45) is 1.74. The molecule has 0 bridgehead atoms. The number of amides is 1. The van der Waals surface area contributed by atoms with Gasteiger partial charge in [0.05, 0.1) is 39.0 Å². The lowest BCUT2D eigenvalue weighted by atomic mass is 10.1. The maximum Gasteiger partial charge on any atom is 0.253 e. The fourth-order valence-corrected chi connectivity index (χ4v) is 4.97. The smallest absolute Gasteiger partial charge is 0.253 e. The quantitative estimate of drug-likeness (QED) is 0.386. The summed E-state index contributed by atoms with van der Waals surface area (Å²) >= 11 is 1.57. The molecule has 0 saturated carbocycles. The van der Waals surface area contributed by atoms with Crippen LogP contribution in [0.4, 0.5) is 0 Å². The molecule has 0 aliphatic heterocycles. The second kappa shape index (κ2) is 8.22. The van der Waals surface area contributed by atoms with Gasteiger partial charge in [0.15, 0.2) is 0 Å². The number of hydrogen-bond acceptors (Lipinski definition) is 6. The number of fused-ring (bicyclic) bond motifs is 2. The summed E-state index contributed by atoms with van der Waals surface area (Å²) in [6.45, 7) is 1.94. The van der Waals surface area contributed by atoms with Crippen molar-refractivity contribution in [2.75, 3.05) is 14.2 Å². The van der Waals surface area contributed by atoms with E-state index in [-0.39, 0.29) is 5.91 Å². The summed E-state index contributed by atoms with van der Waals surface area (Å²) < 4.78 is 14.5. The molecule has 8 heteroatoms. The molecule has 0 radical (unpaired) electrons. The van der Waals surface area contributed by atoms with Crippen LogP contribution in [-0.4, -0.2) is 34.6 Å². The Hall–Kier alpha value is -3.91. The van der Waals surface area contributed by atoms with Crippen molar-refractivity contribution in [1.29, 1.82) is 0 Å². The number of aryl methyl sites for hydroxylation is 1. The van der Waals surface area contributed by atoms with E-state index in [4.69, 9.17) is 9.47 Å². The van der Waals surface area contributed by atoms with Gasteiger partial charge in [-0.05, 0) is 31.2 Å². The summed E-state index contributed by atoms with van der Waals surface area (Å²) in [5.74, 6) is 1.88. The molecule has 5 rings (SSSR count). The predicted molar refractivity (Wildman–Crippen MR) is 131 cm³/mol. The molecule has 0 spiro atoms. The molecule has 0 saturated heterocycles. The van der Waals surface area contributed by atoms with Crippen molar-refractivity contribution in [3.8, 4) is 28.0 Å².